The Balaban J connectivity index is 1.84. The molecule has 3 rings (SSSR count). The van der Waals surface area contributed by atoms with Gasteiger partial charge in [-0.2, -0.15) is 0 Å². The van der Waals surface area contributed by atoms with Crippen molar-refractivity contribution in [3.05, 3.63) is 54.1 Å². The average molecular weight is 424 g/mol. The Morgan fingerprint density at radius 2 is 1.87 bits per heavy atom. The maximum Gasteiger partial charge on any atom is 0.251 e. The lowest BCUT2D eigenvalue weighted by Gasteiger charge is -2.22. The Morgan fingerprint density at radius 3 is 2.48 bits per heavy atom. The fraction of sp³-hybridized carbons (Fsp3) is 0.375. The van der Waals surface area contributed by atoms with Gasteiger partial charge in [-0.3, -0.25) is 14.4 Å². The van der Waals surface area contributed by atoms with Crippen molar-refractivity contribution in [2.24, 2.45) is 5.92 Å². The van der Waals surface area contributed by atoms with E-state index in [0.717, 1.165) is 6.42 Å². The van der Waals surface area contributed by atoms with Gasteiger partial charge < -0.3 is 20.3 Å². The van der Waals surface area contributed by atoms with E-state index in [9.17, 15) is 14.4 Å². The summed E-state index contributed by atoms with van der Waals surface area (Å²) in [5, 5.41) is 5.73. The van der Waals surface area contributed by atoms with Crippen LogP contribution >= 0.6 is 0 Å². The second kappa shape index (κ2) is 10.1. The lowest BCUT2D eigenvalue weighted by Crippen LogP contribution is -2.37. The minimum Gasteiger partial charge on any atom is -0.495 e. The zero-order chi connectivity index (χ0) is 22.4. The number of nitrogens with one attached hydrogen (secondary N) is 2. The van der Waals surface area contributed by atoms with Crippen molar-refractivity contribution < 1.29 is 19.1 Å². The molecule has 1 unspecified atom stereocenters. The van der Waals surface area contributed by atoms with E-state index in [0.29, 0.717) is 42.1 Å². The molecule has 0 spiro atoms. The Labute approximate surface area is 182 Å². The molecule has 2 aromatic rings. The van der Waals surface area contributed by atoms with E-state index in [1.165, 1.54) is 0 Å². The van der Waals surface area contributed by atoms with E-state index >= 15 is 0 Å². The molecule has 1 aliphatic heterocycles. The first-order valence-electron chi connectivity index (χ1n) is 10.5. The Hall–Kier alpha value is -3.35. The molecule has 1 aliphatic rings. The van der Waals surface area contributed by atoms with Crippen LogP contribution < -0.4 is 20.3 Å². The first-order chi connectivity index (χ1) is 14.9. The van der Waals surface area contributed by atoms with Crippen molar-refractivity contribution in [2.45, 2.75) is 39.2 Å². The van der Waals surface area contributed by atoms with Crippen LogP contribution in [0.3, 0.4) is 0 Å². The van der Waals surface area contributed by atoms with Crippen LogP contribution in [-0.2, 0) is 14.4 Å². The third-order valence-electron chi connectivity index (χ3n) is 5.10. The van der Waals surface area contributed by atoms with Crippen LogP contribution in [0, 0.1) is 5.92 Å². The fourth-order valence-corrected chi connectivity index (χ4v) is 3.63. The second-order valence-electron chi connectivity index (χ2n) is 8.03. The maximum absolute atomic E-state index is 13.1. The zero-order valence-corrected chi connectivity index (χ0v) is 18.2. The highest BCUT2D eigenvalue weighted by Gasteiger charge is 2.26. The van der Waals surface area contributed by atoms with Crippen LogP contribution in [-0.4, -0.2) is 31.4 Å². The SMILES string of the molecule is COc1ccc(NC(=O)C(NC(=O)CC(C)C)c2ccccc2)cc1N1CCCC1=O. The smallest absolute Gasteiger partial charge is 0.251 e. The molecule has 7 nitrogen and oxygen atoms in total. The van der Waals surface area contributed by atoms with Gasteiger partial charge in [-0.1, -0.05) is 44.2 Å². The Kier molecular flexibility index (Phi) is 7.28. The largest absolute Gasteiger partial charge is 0.495 e. The molecule has 1 fully saturated rings. The van der Waals surface area contributed by atoms with E-state index in [1.54, 1.807) is 30.2 Å². The van der Waals surface area contributed by atoms with Gasteiger partial charge in [-0.15, -0.1) is 0 Å². The van der Waals surface area contributed by atoms with Gasteiger partial charge in [0.1, 0.15) is 11.8 Å². The number of anilines is 2. The normalized spacial score (nSPS) is 14.5. The fourth-order valence-electron chi connectivity index (χ4n) is 3.63. The number of rotatable bonds is 8. The molecule has 0 saturated carbocycles. The quantitative estimate of drug-likeness (QED) is 0.678. The van der Waals surface area contributed by atoms with Gasteiger partial charge in [0, 0.05) is 25.1 Å². The zero-order valence-electron chi connectivity index (χ0n) is 18.2. The minimum atomic E-state index is -0.827. The molecule has 2 aromatic carbocycles. The molecule has 7 heteroatoms. The number of ether oxygens (including phenoxy) is 1. The van der Waals surface area contributed by atoms with Gasteiger partial charge in [0.2, 0.25) is 11.8 Å². The Morgan fingerprint density at radius 1 is 1.13 bits per heavy atom. The summed E-state index contributed by atoms with van der Waals surface area (Å²) in [5.41, 5.74) is 1.85. The monoisotopic (exact) mass is 423 g/mol. The third kappa shape index (κ3) is 5.63. The summed E-state index contributed by atoms with van der Waals surface area (Å²) in [6.45, 7) is 4.52. The first-order valence-corrected chi connectivity index (χ1v) is 10.5. The number of carbonyl (C=O) groups excluding carboxylic acids is 3. The summed E-state index contributed by atoms with van der Waals surface area (Å²) < 4.78 is 5.41. The number of hydrogen-bond donors (Lipinski definition) is 2. The summed E-state index contributed by atoms with van der Waals surface area (Å²) in [4.78, 5) is 39.4. The summed E-state index contributed by atoms with van der Waals surface area (Å²) >= 11 is 0. The van der Waals surface area contributed by atoms with E-state index in [1.807, 2.05) is 44.2 Å². The number of hydrogen-bond acceptors (Lipinski definition) is 4. The van der Waals surface area contributed by atoms with E-state index < -0.39 is 6.04 Å². The van der Waals surface area contributed by atoms with E-state index in [-0.39, 0.29) is 23.6 Å². The van der Waals surface area contributed by atoms with Gasteiger partial charge in [-0.05, 0) is 36.1 Å². The summed E-state index contributed by atoms with van der Waals surface area (Å²) in [6, 6.07) is 13.5. The molecule has 0 bridgehead atoms. The molecule has 0 aliphatic carbocycles. The van der Waals surface area contributed by atoms with Gasteiger partial charge >= 0.3 is 0 Å². The van der Waals surface area contributed by atoms with Crippen LogP contribution in [0.25, 0.3) is 0 Å². The highest BCUT2D eigenvalue weighted by molar-refractivity contribution is 6.00. The highest BCUT2D eigenvalue weighted by atomic mass is 16.5. The topological polar surface area (TPSA) is 87.7 Å². The summed E-state index contributed by atoms with van der Waals surface area (Å²) in [6.07, 6.45) is 1.62. The number of amides is 3. The molecule has 31 heavy (non-hydrogen) atoms. The van der Waals surface area contributed by atoms with Gasteiger partial charge in [0.05, 0.1) is 12.8 Å². The van der Waals surface area contributed by atoms with Crippen molar-refractivity contribution in [3.63, 3.8) is 0 Å². The predicted molar refractivity (Wildman–Crippen MR) is 120 cm³/mol. The predicted octanol–water partition coefficient (Wildman–Crippen LogP) is 3.66. The van der Waals surface area contributed by atoms with Crippen molar-refractivity contribution in [3.8, 4) is 5.75 Å². The first kappa shape index (κ1) is 22.3. The molecule has 1 heterocycles. The molecule has 2 N–H and O–H groups in total. The average Bonchev–Trinajstić information content (AvgIpc) is 3.17. The highest BCUT2D eigenvalue weighted by Crippen LogP contribution is 2.34. The van der Waals surface area contributed by atoms with Gasteiger partial charge in [0.25, 0.3) is 5.91 Å². The van der Waals surface area contributed by atoms with Gasteiger partial charge in [0.15, 0.2) is 0 Å². The molecular formula is C24H29N3O4. The van der Waals surface area contributed by atoms with E-state index in [4.69, 9.17) is 4.74 Å². The van der Waals surface area contributed by atoms with Crippen LogP contribution in [0.5, 0.6) is 5.75 Å². The molecule has 164 valence electrons. The molecule has 3 amide bonds. The number of carbonyl (C=O) groups is 3. The van der Waals surface area contributed by atoms with Crippen LogP contribution in [0.4, 0.5) is 11.4 Å². The van der Waals surface area contributed by atoms with Crippen molar-refractivity contribution in [2.75, 3.05) is 23.9 Å². The lowest BCUT2D eigenvalue weighted by atomic mass is 10.0. The van der Waals surface area contributed by atoms with Crippen molar-refractivity contribution in [1.29, 1.82) is 0 Å². The number of nitrogens with zero attached hydrogens (tertiary/aromatic N) is 1. The summed E-state index contributed by atoms with van der Waals surface area (Å²) in [7, 11) is 1.55. The van der Waals surface area contributed by atoms with Crippen LogP contribution in [0.2, 0.25) is 0 Å². The number of methoxy groups -OCH3 is 1. The maximum atomic E-state index is 13.1. The molecular weight excluding hydrogens is 394 g/mol. The molecule has 1 atom stereocenters. The van der Waals surface area contributed by atoms with Crippen molar-refractivity contribution in [1.82, 2.24) is 5.32 Å². The second-order valence-corrected chi connectivity index (χ2v) is 8.03. The molecule has 0 aromatic heterocycles. The van der Waals surface area contributed by atoms with E-state index in [2.05, 4.69) is 10.6 Å². The summed E-state index contributed by atoms with van der Waals surface area (Å²) in [5.74, 6) is 0.244. The van der Waals surface area contributed by atoms with Crippen LogP contribution in [0.15, 0.2) is 48.5 Å². The minimum absolute atomic E-state index is 0.0323. The Bertz CT molecular complexity index is 943. The molecule has 1 saturated heterocycles. The lowest BCUT2D eigenvalue weighted by molar-refractivity contribution is -0.127. The van der Waals surface area contributed by atoms with Crippen molar-refractivity contribution >= 4 is 29.1 Å². The van der Waals surface area contributed by atoms with Crippen LogP contribution in [0.1, 0.15) is 44.7 Å². The van der Waals surface area contributed by atoms with Gasteiger partial charge in [-0.25, -0.2) is 0 Å². The molecule has 0 radical (unpaired) electrons. The third-order valence-corrected chi connectivity index (χ3v) is 5.10. The number of benzene rings is 2. The standard InChI is InChI=1S/C24H29N3O4/c1-16(2)14-21(28)26-23(17-8-5-4-6-9-17)24(30)25-18-11-12-20(31-3)19(15-18)27-13-7-10-22(27)29/h4-6,8-9,11-12,15-16,23H,7,10,13-14H2,1-3H3,(H,25,30)(H,26,28).